The highest BCUT2D eigenvalue weighted by Gasteiger charge is 2.01. The number of benzene rings is 1. The quantitative estimate of drug-likeness (QED) is 0.628. The summed E-state index contributed by atoms with van der Waals surface area (Å²) in [6, 6.07) is 12.1. The van der Waals surface area contributed by atoms with E-state index in [0.29, 0.717) is 0 Å². The van der Waals surface area contributed by atoms with Gasteiger partial charge in [-0.25, -0.2) is 0 Å². The first kappa shape index (κ1) is 15.9. The predicted molar refractivity (Wildman–Crippen MR) is 92.1 cm³/mol. The molecule has 2 rings (SSSR count). The first-order valence-electron chi connectivity index (χ1n) is 6.53. The molecule has 21 heavy (non-hydrogen) atoms. The Morgan fingerprint density at radius 1 is 1.14 bits per heavy atom. The van der Waals surface area contributed by atoms with E-state index in [9.17, 15) is 0 Å². The van der Waals surface area contributed by atoms with Gasteiger partial charge in [0.15, 0.2) is 5.96 Å². The van der Waals surface area contributed by atoms with Crippen molar-refractivity contribution in [3.05, 3.63) is 50.6 Å². The fourth-order valence-corrected chi connectivity index (χ4v) is 3.19. The van der Waals surface area contributed by atoms with Gasteiger partial charge in [0.1, 0.15) is 5.75 Å². The molecule has 2 aromatic rings. The van der Waals surface area contributed by atoms with Gasteiger partial charge in [-0.2, -0.15) is 0 Å². The molecule has 0 atom stereocenters. The number of hydrogen-bond acceptors (Lipinski definition) is 3. The minimum atomic E-state index is 0.720. The van der Waals surface area contributed by atoms with Gasteiger partial charge in [-0.3, -0.25) is 4.99 Å². The minimum Gasteiger partial charge on any atom is -0.497 e. The van der Waals surface area contributed by atoms with Gasteiger partial charge >= 0.3 is 0 Å². The predicted octanol–water partition coefficient (Wildman–Crippen LogP) is 3.38. The maximum atomic E-state index is 5.15. The summed E-state index contributed by atoms with van der Waals surface area (Å²) in [6.45, 7) is 1.48. The first-order chi connectivity index (χ1) is 10.2. The number of hydrogen-bond donors (Lipinski definition) is 2. The van der Waals surface area contributed by atoms with Crippen LogP contribution >= 0.6 is 27.3 Å². The van der Waals surface area contributed by atoms with E-state index >= 15 is 0 Å². The van der Waals surface area contributed by atoms with E-state index in [-0.39, 0.29) is 0 Å². The molecule has 0 bridgehead atoms. The maximum absolute atomic E-state index is 5.15. The number of nitrogens with zero attached hydrogens (tertiary/aromatic N) is 1. The average Bonchev–Trinajstić information content (AvgIpc) is 2.93. The normalized spacial score (nSPS) is 11.3. The van der Waals surface area contributed by atoms with Crippen molar-refractivity contribution in [3.8, 4) is 5.75 Å². The van der Waals surface area contributed by atoms with Crippen molar-refractivity contribution in [2.45, 2.75) is 13.1 Å². The Hall–Kier alpha value is -1.53. The number of rotatable bonds is 5. The zero-order chi connectivity index (χ0) is 15.1. The molecule has 0 amide bonds. The van der Waals surface area contributed by atoms with Crippen LogP contribution in [0.1, 0.15) is 10.4 Å². The molecule has 112 valence electrons. The molecule has 4 nitrogen and oxygen atoms in total. The number of aliphatic imine (C=N–C) groups is 1. The van der Waals surface area contributed by atoms with Gasteiger partial charge in [0.05, 0.1) is 17.4 Å². The van der Waals surface area contributed by atoms with Gasteiger partial charge in [-0.1, -0.05) is 12.1 Å². The lowest BCUT2D eigenvalue weighted by Gasteiger charge is -2.11. The third kappa shape index (κ3) is 5.06. The van der Waals surface area contributed by atoms with Crippen molar-refractivity contribution in [1.29, 1.82) is 0 Å². The molecule has 0 aliphatic carbocycles. The topological polar surface area (TPSA) is 45.7 Å². The number of nitrogens with one attached hydrogen (secondary N) is 2. The van der Waals surface area contributed by atoms with Crippen molar-refractivity contribution >= 4 is 33.2 Å². The van der Waals surface area contributed by atoms with Crippen LogP contribution in [0, 0.1) is 0 Å². The molecule has 0 unspecified atom stereocenters. The Kier molecular flexibility index (Phi) is 6.07. The fraction of sp³-hybridized carbons (Fsp3) is 0.267. The summed E-state index contributed by atoms with van der Waals surface area (Å²) < 4.78 is 6.29. The minimum absolute atomic E-state index is 0.720. The largest absolute Gasteiger partial charge is 0.497 e. The van der Waals surface area contributed by atoms with Crippen LogP contribution in [0.4, 0.5) is 0 Å². The molecule has 1 aromatic carbocycles. The molecule has 6 heteroatoms. The second-order valence-electron chi connectivity index (χ2n) is 4.33. The molecule has 0 aliphatic heterocycles. The number of thiophene rings is 1. The highest BCUT2D eigenvalue weighted by Crippen LogP contribution is 2.21. The van der Waals surface area contributed by atoms with Crippen LogP contribution in [0.2, 0.25) is 0 Å². The van der Waals surface area contributed by atoms with Crippen LogP contribution < -0.4 is 15.4 Å². The number of ether oxygens (including phenoxy) is 1. The van der Waals surface area contributed by atoms with Crippen molar-refractivity contribution < 1.29 is 4.74 Å². The van der Waals surface area contributed by atoms with E-state index in [1.165, 1.54) is 10.4 Å². The standard InChI is InChI=1S/C15H18BrN3OS/c1-17-15(19-10-13-7-8-14(16)21-13)18-9-11-3-5-12(20-2)6-4-11/h3-8H,9-10H2,1-2H3,(H2,17,18,19). The lowest BCUT2D eigenvalue weighted by atomic mass is 10.2. The first-order valence-corrected chi connectivity index (χ1v) is 8.14. The van der Waals surface area contributed by atoms with E-state index in [1.54, 1.807) is 25.5 Å². The summed E-state index contributed by atoms with van der Waals surface area (Å²) >= 11 is 5.18. The number of guanidine groups is 1. The molecule has 0 radical (unpaired) electrons. The van der Waals surface area contributed by atoms with E-state index < -0.39 is 0 Å². The molecule has 1 aromatic heterocycles. The Balaban J connectivity index is 1.81. The molecule has 1 heterocycles. The third-order valence-corrected chi connectivity index (χ3v) is 4.53. The lowest BCUT2D eigenvalue weighted by Crippen LogP contribution is -2.36. The highest BCUT2D eigenvalue weighted by molar-refractivity contribution is 9.11. The SMILES string of the molecule is CN=C(NCc1ccc(OC)cc1)NCc1ccc(Br)s1. The van der Waals surface area contributed by atoms with E-state index in [4.69, 9.17) is 4.74 Å². The van der Waals surface area contributed by atoms with Crippen LogP contribution in [-0.4, -0.2) is 20.1 Å². The maximum Gasteiger partial charge on any atom is 0.191 e. The van der Waals surface area contributed by atoms with Crippen LogP contribution in [-0.2, 0) is 13.1 Å². The number of halogens is 1. The fourth-order valence-electron chi connectivity index (χ4n) is 1.77. The third-order valence-electron chi connectivity index (χ3n) is 2.90. The van der Waals surface area contributed by atoms with Crippen LogP contribution in [0.5, 0.6) is 5.75 Å². The molecule has 0 saturated carbocycles. The molecule has 0 fully saturated rings. The second kappa shape index (κ2) is 8.05. The zero-order valence-corrected chi connectivity index (χ0v) is 14.4. The summed E-state index contributed by atoms with van der Waals surface area (Å²) in [5.74, 6) is 1.65. The summed E-state index contributed by atoms with van der Waals surface area (Å²) in [5, 5.41) is 6.59. The highest BCUT2D eigenvalue weighted by atomic mass is 79.9. The van der Waals surface area contributed by atoms with E-state index in [2.05, 4.69) is 43.7 Å². The van der Waals surface area contributed by atoms with Gasteiger partial charge in [-0.15, -0.1) is 11.3 Å². The van der Waals surface area contributed by atoms with Crippen molar-refractivity contribution in [2.75, 3.05) is 14.2 Å². The zero-order valence-electron chi connectivity index (χ0n) is 12.0. The Morgan fingerprint density at radius 3 is 2.43 bits per heavy atom. The van der Waals surface area contributed by atoms with Gasteiger partial charge < -0.3 is 15.4 Å². The van der Waals surface area contributed by atoms with E-state index in [1.807, 2.05) is 24.3 Å². The van der Waals surface area contributed by atoms with Gasteiger partial charge in [0.2, 0.25) is 0 Å². The molecule has 0 aliphatic rings. The smallest absolute Gasteiger partial charge is 0.191 e. The molecule has 2 N–H and O–H groups in total. The Labute approximate surface area is 137 Å². The number of methoxy groups -OCH3 is 1. The molecule has 0 spiro atoms. The molecular weight excluding hydrogens is 350 g/mol. The molecular formula is C15H18BrN3OS. The van der Waals surface area contributed by atoms with Crippen LogP contribution in [0.15, 0.2) is 45.2 Å². The van der Waals surface area contributed by atoms with Crippen molar-refractivity contribution in [1.82, 2.24) is 10.6 Å². The summed E-state index contributed by atoms with van der Waals surface area (Å²) in [5.41, 5.74) is 1.18. The Bertz CT molecular complexity index is 595. The monoisotopic (exact) mass is 367 g/mol. The summed E-state index contributed by atoms with van der Waals surface area (Å²) in [4.78, 5) is 5.48. The Morgan fingerprint density at radius 2 is 1.86 bits per heavy atom. The summed E-state index contributed by atoms with van der Waals surface area (Å²) in [6.07, 6.45) is 0. The molecule has 0 saturated heterocycles. The van der Waals surface area contributed by atoms with Crippen molar-refractivity contribution in [3.63, 3.8) is 0 Å². The van der Waals surface area contributed by atoms with Crippen molar-refractivity contribution in [2.24, 2.45) is 4.99 Å². The van der Waals surface area contributed by atoms with Crippen LogP contribution in [0.25, 0.3) is 0 Å². The lowest BCUT2D eigenvalue weighted by molar-refractivity contribution is 0.414. The van der Waals surface area contributed by atoms with E-state index in [0.717, 1.165) is 28.6 Å². The van der Waals surface area contributed by atoms with Crippen LogP contribution in [0.3, 0.4) is 0 Å². The van der Waals surface area contributed by atoms with Gasteiger partial charge in [0, 0.05) is 18.5 Å². The second-order valence-corrected chi connectivity index (χ2v) is 6.88. The average molecular weight is 368 g/mol. The van der Waals surface area contributed by atoms with Gasteiger partial charge in [0.25, 0.3) is 0 Å². The van der Waals surface area contributed by atoms with Gasteiger partial charge in [-0.05, 0) is 45.8 Å². The summed E-state index contributed by atoms with van der Waals surface area (Å²) in [7, 11) is 3.44.